The Bertz CT molecular complexity index is 2830. The molecule has 2 nitrogen and oxygen atoms in total. The number of para-hydroxylation sites is 1. The van der Waals surface area contributed by atoms with Gasteiger partial charge < -0.3 is 9.13 Å². The van der Waals surface area contributed by atoms with Crippen LogP contribution in [0, 0.1) is 0 Å². The minimum atomic E-state index is 1.16. The van der Waals surface area contributed by atoms with Gasteiger partial charge >= 0.3 is 0 Å². The zero-order valence-electron chi connectivity index (χ0n) is 26.2. The van der Waals surface area contributed by atoms with E-state index in [2.05, 4.69) is 191 Å². The summed E-state index contributed by atoms with van der Waals surface area (Å²) in [7, 11) is 0. The van der Waals surface area contributed by atoms with Crippen molar-refractivity contribution in [1.82, 2.24) is 9.13 Å². The summed E-state index contributed by atoms with van der Waals surface area (Å²) in [6.07, 6.45) is 2.18. The van der Waals surface area contributed by atoms with Crippen LogP contribution in [0.3, 0.4) is 0 Å². The van der Waals surface area contributed by atoms with E-state index in [4.69, 9.17) is 0 Å². The first-order valence-electron chi connectivity index (χ1n) is 16.5. The molecule has 2 aromatic heterocycles. The van der Waals surface area contributed by atoms with Crippen molar-refractivity contribution in [3.8, 4) is 33.6 Å². The van der Waals surface area contributed by atoms with Crippen LogP contribution in [0.2, 0.25) is 0 Å². The molecule has 0 bridgehead atoms. The molecule has 0 amide bonds. The molecule has 2 heterocycles. The third kappa shape index (κ3) is 4.13. The van der Waals surface area contributed by atoms with Crippen molar-refractivity contribution in [1.29, 1.82) is 0 Å². The van der Waals surface area contributed by atoms with Gasteiger partial charge in [-0.15, -0.1) is 0 Å². The van der Waals surface area contributed by atoms with E-state index in [0.717, 1.165) is 5.69 Å². The first-order chi connectivity index (χ1) is 23.8. The molecule has 48 heavy (non-hydrogen) atoms. The predicted octanol–water partition coefficient (Wildman–Crippen LogP) is 12.4. The fraction of sp³-hybridized carbons (Fsp3) is 0. The van der Waals surface area contributed by atoms with Gasteiger partial charge in [-0.3, -0.25) is 0 Å². The van der Waals surface area contributed by atoms with Crippen molar-refractivity contribution >= 4 is 54.3 Å². The highest BCUT2D eigenvalue weighted by molar-refractivity contribution is 6.15. The van der Waals surface area contributed by atoms with E-state index in [1.807, 2.05) is 0 Å². The second-order valence-electron chi connectivity index (χ2n) is 12.6. The van der Waals surface area contributed by atoms with Crippen molar-refractivity contribution in [2.24, 2.45) is 0 Å². The first-order valence-corrected chi connectivity index (χ1v) is 16.5. The molecule has 0 aliphatic heterocycles. The molecule has 0 unspecified atom stereocenters. The van der Waals surface area contributed by atoms with Gasteiger partial charge in [0, 0.05) is 28.0 Å². The molecule has 224 valence electrons. The van der Waals surface area contributed by atoms with Gasteiger partial charge in [0.2, 0.25) is 0 Å². The fourth-order valence-electron chi connectivity index (χ4n) is 7.63. The predicted molar refractivity (Wildman–Crippen MR) is 203 cm³/mol. The van der Waals surface area contributed by atoms with Gasteiger partial charge in [-0.2, -0.15) is 0 Å². The Balaban J connectivity index is 1.14. The van der Waals surface area contributed by atoms with Crippen LogP contribution in [0.25, 0.3) is 87.9 Å². The zero-order valence-corrected chi connectivity index (χ0v) is 26.2. The lowest BCUT2D eigenvalue weighted by atomic mass is 10.00. The van der Waals surface area contributed by atoms with Gasteiger partial charge in [-0.25, -0.2) is 0 Å². The molecule has 0 aliphatic carbocycles. The third-order valence-corrected chi connectivity index (χ3v) is 9.92. The van der Waals surface area contributed by atoms with Crippen molar-refractivity contribution in [3.63, 3.8) is 0 Å². The first kappa shape index (κ1) is 26.8. The topological polar surface area (TPSA) is 9.86 Å². The lowest BCUT2D eigenvalue weighted by Gasteiger charge is -2.14. The van der Waals surface area contributed by atoms with Gasteiger partial charge in [-0.1, -0.05) is 127 Å². The molecule has 8 aromatic carbocycles. The molecule has 0 saturated heterocycles. The van der Waals surface area contributed by atoms with Gasteiger partial charge in [-0.05, 0) is 92.3 Å². The van der Waals surface area contributed by atoms with Crippen molar-refractivity contribution in [3.05, 3.63) is 182 Å². The van der Waals surface area contributed by atoms with Crippen LogP contribution in [0.1, 0.15) is 0 Å². The summed E-state index contributed by atoms with van der Waals surface area (Å²) in [4.78, 5) is 0. The maximum atomic E-state index is 2.46. The summed E-state index contributed by atoms with van der Waals surface area (Å²) in [5.41, 5.74) is 10.8. The Morgan fingerprint density at radius 1 is 0.312 bits per heavy atom. The van der Waals surface area contributed by atoms with E-state index in [0.29, 0.717) is 0 Å². The largest absolute Gasteiger partial charge is 0.317 e. The quantitative estimate of drug-likeness (QED) is 0.175. The average Bonchev–Trinajstić information content (AvgIpc) is 3.73. The van der Waals surface area contributed by atoms with Crippen LogP contribution in [0.5, 0.6) is 0 Å². The van der Waals surface area contributed by atoms with E-state index in [1.165, 1.54) is 82.2 Å². The fourth-order valence-corrected chi connectivity index (χ4v) is 7.63. The van der Waals surface area contributed by atoms with Crippen molar-refractivity contribution in [2.75, 3.05) is 0 Å². The van der Waals surface area contributed by atoms with E-state index in [-0.39, 0.29) is 0 Å². The van der Waals surface area contributed by atoms with Gasteiger partial charge in [0.15, 0.2) is 0 Å². The zero-order chi connectivity index (χ0) is 31.6. The van der Waals surface area contributed by atoms with Crippen molar-refractivity contribution in [2.45, 2.75) is 0 Å². The molecule has 2 heteroatoms. The maximum absolute atomic E-state index is 2.46. The summed E-state index contributed by atoms with van der Waals surface area (Å²) >= 11 is 0. The van der Waals surface area contributed by atoms with E-state index >= 15 is 0 Å². The van der Waals surface area contributed by atoms with Crippen LogP contribution >= 0.6 is 0 Å². The maximum Gasteiger partial charge on any atom is 0.0546 e. The van der Waals surface area contributed by atoms with Gasteiger partial charge in [0.25, 0.3) is 0 Å². The lowest BCUT2D eigenvalue weighted by molar-refractivity contribution is 1.13. The molecule has 0 atom stereocenters. The third-order valence-electron chi connectivity index (χ3n) is 9.92. The lowest BCUT2D eigenvalue weighted by Crippen LogP contribution is -1.96. The number of hydrogen-bond acceptors (Lipinski definition) is 0. The Morgan fingerprint density at radius 3 is 1.88 bits per heavy atom. The molecule has 0 radical (unpaired) electrons. The number of fused-ring (bicyclic) bond motifs is 7. The summed E-state index contributed by atoms with van der Waals surface area (Å²) in [5.74, 6) is 0. The molecular formula is C46H30N2. The highest BCUT2D eigenvalue weighted by Crippen LogP contribution is 2.39. The summed E-state index contributed by atoms with van der Waals surface area (Å²) in [6.45, 7) is 0. The van der Waals surface area contributed by atoms with Crippen LogP contribution in [-0.2, 0) is 0 Å². The molecule has 0 saturated carbocycles. The number of benzene rings is 8. The molecule has 0 spiro atoms. The number of aromatic nitrogens is 2. The van der Waals surface area contributed by atoms with Crippen LogP contribution < -0.4 is 0 Å². The molecule has 0 N–H and O–H groups in total. The van der Waals surface area contributed by atoms with Crippen molar-refractivity contribution < 1.29 is 0 Å². The second-order valence-corrected chi connectivity index (χ2v) is 12.6. The summed E-state index contributed by atoms with van der Waals surface area (Å²) in [6, 6.07) is 64.1. The summed E-state index contributed by atoms with van der Waals surface area (Å²) < 4.78 is 4.76. The Kier molecular flexibility index (Phi) is 5.91. The number of rotatable bonds is 4. The second kappa shape index (κ2) is 10.6. The highest BCUT2D eigenvalue weighted by Gasteiger charge is 2.17. The molecule has 10 rings (SSSR count). The van der Waals surface area contributed by atoms with Gasteiger partial charge in [0.1, 0.15) is 0 Å². The minimum Gasteiger partial charge on any atom is -0.317 e. The monoisotopic (exact) mass is 610 g/mol. The summed E-state index contributed by atoms with van der Waals surface area (Å²) in [5, 5.41) is 8.81. The van der Waals surface area contributed by atoms with E-state index in [9.17, 15) is 0 Å². The van der Waals surface area contributed by atoms with Crippen LogP contribution in [0.15, 0.2) is 182 Å². The van der Waals surface area contributed by atoms with E-state index in [1.54, 1.807) is 0 Å². The Morgan fingerprint density at radius 2 is 0.979 bits per heavy atom. The van der Waals surface area contributed by atoms with Gasteiger partial charge in [0.05, 0.1) is 22.2 Å². The Labute approximate surface area is 278 Å². The number of hydrogen-bond donors (Lipinski definition) is 0. The molecule has 10 aromatic rings. The average molecular weight is 611 g/mol. The minimum absolute atomic E-state index is 1.16. The van der Waals surface area contributed by atoms with E-state index < -0.39 is 0 Å². The number of nitrogens with zero attached hydrogens (tertiary/aromatic N) is 2. The standard InChI is InChI=1S/C46H30N2/c1-2-11-31(12-3-1)33-14-10-15-37(27-33)47-26-25-32-21-22-35(29-45(32)47)34-23-24-44-42(28-34)41-19-8-9-20-43(41)48(44)46-30-36-13-4-5-16-38(36)39-17-6-7-18-40(39)46/h1-30H. The van der Waals surface area contributed by atoms with Crippen LogP contribution in [-0.4, -0.2) is 9.13 Å². The smallest absolute Gasteiger partial charge is 0.0546 e. The highest BCUT2D eigenvalue weighted by atomic mass is 15.0. The van der Waals surface area contributed by atoms with Crippen LogP contribution in [0.4, 0.5) is 0 Å². The molecular weight excluding hydrogens is 581 g/mol. The SMILES string of the molecule is c1ccc(-c2cccc(-n3ccc4ccc(-c5ccc6c(c5)c5ccccc5n6-c5cc6ccccc6c6ccccc56)cc43)c2)cc1. The molecule has 0 aliphatic rings. The Hall–Kier alpha value is -6.38. The molecule has 0 fully saturated rings. The normalized spacial score (nSPS) is 11.8.